The summed E-state index contributed by atoms with van der Waals surface area (Å²) in [6.07, 6.45) is 9.34. The third-order valence-electron chi connectivity index (χ3n) is 4.82. The number of ether oxygens (including phenoxy) is 1. The molecule has 0 radical (unpaired) electrons. The van der Waals surface area contributed by atoms with Crippen LogP contribution in [-0.4, -0.2) is 31.1 Å². The summed E-state index contributed by atoms with van der Waals surface area (Å²) >= 11 is 0. The molecule has 0 unspecified atom stereocenters. The van der Waals surface area contributed by atoms with E-state index in [9.17, 15) is 0 Å². The quantitative estimate of drug-likeness (QED) is 0.616. The van der Waals surface area contributed by atoms with Gasteiger partial charge < -0.3 is 9.64 Å². The first-order valence-electron chi connectivity index (χ1n) is 9.26. The second-order valence-corrected chi connectivity index (χ2v) is 6.64. The van der Waals surface area contributed by atoms with Gasteiger partial charge in [0.1, 0.15) is 5.75 Å². The molecule has 1 aliphatic rings. The van der Waals surface area contributed by atoms with Crippen molar-refractivity contribution < 1.29 is 4.74 Å². The summed E-state index contributed by atoms with van der Waals surface area (Å²) in [4.78, 5) is 2.64. The van der Waals surface area contributed by atoms with Crippen LogP contribution in [0.2, 0.25) is 0 Å². The summed E-state index contributed by atoms with van der Waals surface area (Å²) in [5, 5.41) is 2.48. The van der Waals surface area contributed by atoms with E-state index in [0.717, 1.165) is 18.8 Å². The molecule has 2 aromatic carbocycles. The van der Waals surface area contributed by atoms with Crippen molar-refractivity contribution in [3.63, 3.8) is 0 Å². The number of hydrogen-bond donors (Lipinski definition) is 0. The van der Waals surface area contributed by atoms with Crippen LogP contribution in [0, 0.1) is 0 Å². The molecule has 2 aromatic rings. The van der Waals surface area contributed by atoms with Crippen LogP contribution in [0.15, 0.2) is 42.5 Å². The molecule has 0 bridgehead atoms. The Balaban J connectivity index is 1.32. The van der Waals surface area contributed by atoms with Crippen LogP contribution < -0.4 is 4.74 Å². The molecular weight excluding hydrogens is 282 g/mol. The highest BCUT2D eigenvalue weighted by Gasteiger charge is 2.08. The zero-order valence-corrected chi connectivity index (χ0v) is 14.2. The van der Waals surface area contributed by atoms with E-state index < -0.39 is 0 Å². The highest BCUT2D eigenvalue weighted by Crippen LogP contribution is 2.25. The van der Waals surface area contributed by atoms with Gasteiger partial charge in [-0.3, -0.25) is 0 Å². The minimum absolute atomic E-state index is 0.831. The van der Waals surface area contributed by atoms with Gasteiger partial charge in [-0.2, -0.15) is 0 Å². The largest absolute Gasteiger partial charge is 0.493 e. The Morgan fingerprint density at radius 2 is 1.57 bits per heavy atom. The molecular formula is C21H29NO. The van der Waals surface area contributed by atoms with Gasteiger partial charge in [0.15, 0.2) is 0 Å². The minimum Gasteiger partial charge on any atom is -0.493 e. The molecule has 0 amide bonds. The maximum Gasteiger partial charge on any atom is 0.127 e. The maximum absolute atomic E-state index is 6.01. The molecule has 0 atom stereocenters. The van der Waals surface area contributed by atoms with Crippen LogP contribution in [0.4, 0.5) is 0 Å². The van der Waals surface area contributed by atoms with E-state index in [1.807, 2.05) is 0 Å². The first-order valence-corrected chi connectivity index (χ1v) is 9.26. The molecule has 2 heteroatoms. The fourth-order valence-electron chi connectivity index (χ4n) is 3.48. The van der Waals surface area contributed by atoms with Gasteiger partial charge in [-0.05, 0) is 56.8 Å². The predicted octanol–water partition coefficient (Wildman–Crippen LogP) is 5.26. The number of hydrogen-bond acceptors (Lipinski definition) is 2. The lowest BCUT2D eigenvalue weighted by Crippen LogP contribution is -2.30. The number of benzene rings is 2. The zero-order valence-electron chi connectivity index (χ0n) is 14.2. The van der Waals surface area contributed by atoms with Crippen molar-refractivity contribution in [3.05, 3.63) is 42.5 Å². The minimum atomic E-state index is 0.831. The Hall–Kier alpha value is -1.54. The average molecular weight is 311 g/mol. The Morgan fingerprint density at radius 1 is 0.783 bits per heavy atom. The lowest BCUT2D eigenvalue weighted by atomic mass is 10.1. The van der Waals surface area contributed by atoms with E-state index in [1.165, 1.54) is 68.9 Å². The number of fused-ring (bicyclic) bond motifs is 1. The van der Waals surface area contributed by atoms with Crippen molar-refractivity contribution in [2.45, 2.75) is 44.9 Å². The first-order chi connectivity index (χ1) is 11.4. The molecule has 0 aromatic heterocycles. The third-order valence-corrected chi connectivity index (χ3v) is 4.82. The summed E-state index contributed by atoms with van der Waals surface area (Å²) in [5.74, 6) is 1.02. The SMILES string of the molecule is c1ccc2c(OCCCCCCN3CCCCC3)cccc2c1. The molecule has 0 N–H and O–H groups in total. The number of likely N-dealkylation sites (tertiary alicyclic amines) is 1. The molecule has 0 spiro atoms. The van der Waals surface area contributed by atoms with Gasteiger partial charge in [0.05, 0.1) is 6.61 Å². The van der Waals surface area contributed by atoms with E-state index in [4.69, 9.17) is 4.74 Å². The van der Waals surface area contributed by atoms with Gasteiger partial charge in [-0.15, -0.1) is 0 Å². The highest BCUT2D eigenvalue weighted by molar-refractivity contribution is 5.88. The van der Waals surface area contributed by atoms with E-state index in [2.05, 4.69) is 47.4 Å². The summed E-state index contributed by atoms with van der Waals surface area (Å²) < 4.78 is 6.01. The van der Waals surface area contributed by atoms with Crippen LogP contribution in [0.1, 0.15) is 44.9 Å². The smallest absolute Gasteiger partial charge is 0.127 e. The Bertz CT molecular complexity index is 584. The number of nitrogens with zero attached hydrogens (tertiary/aromatic N) is 1. The first kappa shape index (κ1) is 16.3. The average Bonchev–Trinajstić information content (AvgIpc) is 2.62. The van der Waals surface area contributed by atoms with Crippen LogP contribution in [0.3, 0.4) is 0 Å². The molecule has 1 fully saturated rings. The predicted molar refractivity (Wildman–Crippen MR) is 98.2 cm³/mol. The standard InChI is InChI=1S/C21H29NO/c1(6-15-22-16-7-3-8-17-22)2-9-18-23-21-14-10-12-19-11-4-5-13-20(19)21/h4-5,10-14H,1-3,6-9,15-18H2. The monoisotopic (exact) mass is 311 g/mol. The lowest BCUT2D eigenvalue weighted by molar-refractivity contribution is 0.223. The van der Waals surface area contributed by atoms with Gasteiger partial charge in [0, 0.05) is 5.39 Å². The molecule has 23 heavy (non-hydrogen) atoms. The van der Waals surface area contributed by atoms with Crippen molar-refractivity contribution in [3.8, 4) is 5.75 Å². The van der Waals surface area contributed by atoms with E-state index in [-0.39, 0.29) is 0 Å². The van der Waals surface area contributed by atoms with Crippen molar-refractivity contribution in [2.75, 3.05) is 26.2 Å². The third kappa shape index (κ3) is 4.97. The number of piperidine rings is 1. The molecule has 1 heterocycles. The lowest BCUT2D eigenvalue weighted by Gasteiger charge is -2.26. The maximum atomic E-state index is 6.01. The van der Waals surface area contributed by atoms with Crippen LogP contribution in [-0.2, 0) is 0 Å². The summed E-state index contributed by atoms with van der Waals surface area (Å²) in [7, 11) is 0. The van der Waals surface area contributed by atoms with Gasteiger partial charge in [-0.25, -0.2) is 0 Å². The molecule has 3 rings (SSSR count). The van der Waals surface area contributed by atoms with Gasteiger partial charge >= 0.3 is 0 Å². The van der Waals surface area contributed by atoms with Gasteiger partial charge in [0.2, 0.25) is 0 Å². The highest BCUT2D eigenvalue weighted by atomic mass is 16.5. The fraction of sp³-hybridized carbons (Fsp3) is 0.524. The Morgan fingerprint density at radius 3 is 2.48 bits per heavy atom. The molecule has 1 saturated heterocycles. The Labute approximate surface area is 140 Å². The van der Waals surface area contributed by atoms with Crippen LogP contribution in [0.5, 0.6) is 5.75 Å². The zero-order chi connectivity index (χ0) is 15.7. The second kappa shape index (κ2) is 8.93. The molecule has 0 saturated carbocycles. The van der Waals surface area contributed by atoms with Crippen LogP contribution in [0.25, 0.3) is 10.8 Å². The number of rotatable bonds is 8. The molecule has 2 nitrogen and oxygen atoms in total. The van der Waals surface area contributed by atoms with Crippen molar-refractivity contribution in [2.24, 2.45) is 0 Å². The second-order valence-electron chi connectivity index (χ2n) is 6.64. The fourth-order valence-corrected chi connectivity index (χ4v) is 3.48. The summed E-state index contributed by atoms with van der Waals surface area (Å²) in [6, 6.07) is 14.7. The van der Waals surface area contributed by atoms with Crippen molar-refractivity contribution in [1.82, 2.24) is 4.90 Å². The summed E-state index contributed by atoms with van der Waals surface area (Å²) in [5.41, 5.74) is 0. The molecule has 0 aliphatic carbocycles. The van der Waals surface area contributed by atoms with E-state index >= 15 is 0 Å². The Kier molecular flexibility index (Phi) is 6.34. The van der Waals surface area contributed by atoms with Gasteiger partial charge in [0.25, 0.3) is 0 Å². The summed E-state index contributed by atoms with van der Waals surface area (Å²) in [6.45, 7) is 4.77. The molecule has 1 aliphatic heterocycles. The van der Waals surface area contributed by atoms with Gasteiger partial charge in [-0.1, -0.05) is 55.7 Å². The van der Waals surface area contributed by atoms with E-state index in [1.54, 1.807) is 0 Å². The topological polar surface area (TPSA) is 12.5 Å². The number of unbranched alkanes of at least 4 members (excludes halogenated alkanes) is 3. The molecule has 124 valence electrons. The van der Waals surface area contributed by atoms with Crippen LogP contribution >= 0.6 is 0 Å². The van der Waals surface area contributed by atoms with Crippen molar-refractivity contribution >= 4 is 10.8 Å². The normalized spacial score (nSPS) is 15.8. The van der Waals surface area contributed by atoms with Crippen molar-refractivity contribution in [1.29, 1.82) is 0 Å². The van der Waals surface area contributed by atoms with E-state index in [0.29, 0.717) is 0 Å².